The van der Waals surface area contributed by atoms with E-state index in [9.17, 15) is 18.4 Å². The molecule has 1 aromatic heterocycles. The molecular formula is C17H16ClF2N3O3. The summed E-state index contributed by atoms with van der Waals surface area (Å²) < 4.78 is 32.8. The lowest BCUT2D eigenvalue weighted by atomic mass is 10.2. The van der Waals surface area contributed by atoms with E-state index in [1.165, 1.54) is 0 Å². The lowest BCUT2D eigenvalue weighted by molar-refractivity contribution is -0.119. The van der Waals surface area contributed by atoms with Crippen LogP contribution in [0.3, 0.4) is 0 Å². The zero-order valence-corrected chi connectivity index (χ0v) is 14.4. The van der Waals surface area contributed by atoms with Crippen molar-refractivity contribution >= 4 is 29.3 Å². The molecule has 1 aliphatic carbocycles. The molecule has 0 spiro atoms. The first kappa shape index (κ1) is 18.3. The van der Waals surface area contributed by atoms with Crippen LogP contribution in [0.4, 0.5) is 14.6 Å². The van der Waals surface area contributed by atoms with Gasteiger partial charge in [0, 0.05) is 6.07 Å². The Labute approximate surface area is 153 Å². The average Bonchev–Trinajstić information content (AvgIpc) is 3.27. The third-order valence-electron chi connectivity index (χ3n) is 4.17. The summed E-state index contributed by atoms with van der Waals surface area (Å²) in [7, 11) is 0. The quantitative estimate of drug-likeness (QED) is 0.630. The zero-order valence-electron chi connectivity index (χ0n) is 13.7. The van der Waals surface area contributed by atoms with E-state index in [4.69, 9.17) is 16.3 Å². The van der Waals surface area contributed by atoms with Crippen LogP contribution in [0.1, 0.15) is 42.1 Å². The largest absolute Gasteiger partial charge is 0.452 e. The Bertz CT molecular complexity index is 835. The normalized spacial score (nSPS) is 14.4. The van der Waals surface area contributed by atoms with Gasteiger partial charge in [0.2, 0.25) is 0 Å². The second-order valence-electron chi connectivity index (χ2n) is 5.97. The monoisotopic (exact) mass is 383 g/mol. The molecule has 0 atom stereocenters. The number of nitrogens with one attached hydrogen (secondary N) is 1. The molecule has 1 fully saturated rings. The molecule has 0 saturated heterocycles. The maximum absolute atomic E-state index is 13.2. The third-order valence-corrected chi connectivity index (χ3v) is 4.49. The smallest absolute Gasteiger partial charge is 0.340 e. The number of nitrogens with zero attached hydrogens (tertiary/aromatic N) is 2. The van der Waals surface area contributed by atoms with E-state index in [1.54, 1.807) is 16.9 Å². The summed E-state index contributed by atoms with van der Waals surface area (Å²) in [6, 6.07) is 3.20. The Morgan fingerprint density at radius 1 is 1.27 bits per heavy atom. The lowest BCUT2D eigenvalue weighted by Crippen LogP contribution is -2.23. The standard InChI is InChI=1S/C17H16ClF2N3O3/c18-12-8-14(20)13(19)7-11(12)17(25)26-9-16(24)22-15-5-6-21-23(15)10-3-1-2-4-10/h5-8,10H,1-4,9H2,(H,22,24). The summed E-state index contributed by atoms with van der Waals surface area (Å²) in [6.07, 6.45) is 5.80. The van der Waals surface area contributed by atoms with Gasteiger partial charge in [-0.15, -0.1) is 0 Å². The molecule has 1 amide bonds. The van der Waals surface area contributed by atoms with Gasteiger partial charge in [0.05, 0.1) is 22.8 Å². The molecule has 1 saturated carbocycles. The molecule has 26 heavy (non-hydrogen) atoms. The molecule has 1 aromatic carbocycles. The molecule has 138 valence electrons. The summed E-state index contributed by atoms with van der Waals surface area (Å²) in [5.41, 5.74) is -0.352. The fourth-order valence-electron chi connectivity index (χ4n) is 2.92. The number of carbonyl (C=O) groups is 2. The van der Waals surface area contributed by atoms with Crippen molar-refractivity contribution in [2.24, 2.45) is 0 Å². The van der Waals surface area contributed by atoms with Gasteiger partial charge in [0.25, 0.3) is 5.91 Å². The molecule has 9 heteroatoms. The van der Waals surface area contributed by atoms with Crippen LogP contribution in [0.15, 0.2) is 24.4 Å². The molecule has 1 aliphatic rings. The molecule has 0 unspecified atom stereocenters. The maximum atomic E-state index is 13.2. The van der Waals surface area contributed by atoms with Gasteiger partial charge in [0.1, 0.15) is 5.82 Å². The topological polar surface area (TPSA) is 73.2 Å². The lowest BCUT2D eigenvalue weighted by Gasteiger charge is -2.14. The van der Waals surface area contributed by atoms with E-state index in [2.05, 4.69) is 10.4 Å². The van der Waals surface area contributed by atoms with Crippen LogP contribution in [0.25, 0.3) is 0 Å². The maximum Gasteiger partial charge on any atom is 0.340 e. The summed E-state index contributed by atoms with van der Waals surface area (Å²) in [6.45, 7) is -0.593. The van der Waals surface area contributed by atoms with Gasteiger partial charge in [-0.1, -0.05) is 24.4 Å². The number of hydrogen-bond acceptors (Lipinski definition) is 4. The summed E-state index contributed by atoms with van der Waals surface area (Å²) in [4.78, 5) is 23.9. The number of aromatic nitrogens is 2. The molecule has 0 radical (unpaired) electrons. The summed E-state index contributed by atoms with van der Waals surface area (Å²) in [5, 5.41) is 6.55. The SMILES string of the molecule is O=C(COC(=O)c1cc(F)c(F)cc1Cl)Nc1ccnn1C1CCCC1. The minimum absolute atomic E-state index is 0.240. The number of ether oxygens (including phenoxy) is 1. The fourth-order valence-corrected chi connectivity index (χ4v) is 3.15. The number of anilines is 1. The van der Waals surface area contributed by atoms with Crippen LogP contribution in [0.5, 0.6) is 0 Å². The first-order valence-electron chi connectivity index (χ1n) is 8.10. The Morgan fingerprint density at radius 3 is 2.69 bits per heavy atom. The summed E-state index contributed by atoms with van der Waals surface area (Å²) in [5.74, 6) is -3.48. The van der Waals surface area contributed by atoms with E-state index in [-0.39, 0.29) is 16.6 Å². The van der Waals surface area contributed by atoms with Crippen LogP contribution in [0.2, 0.25) is 5.02 Å². The van der Waals surface area contributed by atoms with Crippen molar-refractivity contribution in [3.63, 3.8) is 0 Å². The summed E-state index contributed by atoms with van der Waals surface area (Å²) >= 11 is 5.70. The van der Waals surface area contributed by atoms with Gasteiger partial charge in [-0.25, -0.2) is 18.3 Å². The van der Waals surface area contributed by atoms with Crippen molar-refractivity contribution < 1.29 is 23.1 Å². The third kappa shape index (κ3) is 4.01. The van der Waals surface area contributed by atoms with E-state index < -0.39 is 30.1 Å². The van der Waals surface area contributed by atoms with Crippen molar-refractivity contribution in [1.82, 2.24) is 9.78 Å². The molecule has 3 rings (SSSR count). The first-order valence-corrected chi connectivity index (χ1v) is 8.48. The van der Waals surface area contributed by atoms with Gasteiger partial charge in [-0.2, -0.15) is 5.10 Å². The van der Waals surface area contributed by atoms with Gasteiger partial charge < -0.3 is 10.1 Å². The van der Waals surface area contributed by atoms with E-state index in [0.717, 1.165) is 25.7 Å². The van der Waals surface area contributed by atoms with E-state index in [1.807, 2.05) is 0 Å². The first-order chi connectivity index (χ1) is 12.5. The predicted octanol–water partition coefficient (Wildman–Crippen LogP) is 3.73. The highest BCUT2D eigenvalue weighted by molar-refractivity contribution is 6.33. The molecule has 1 N–H and O–H groups in total. The highest BCUT2D eigenvalue weighted by Gasteiger charge is 2.21. The van der Waals surface area contributed by atoms with Crippen molar-refractivity contribution in [2.45, 2.75) is 31.7 Å². The minimum atomic E-state index is -1.23. The highest BCUT2D eigenvalue weighted by atomic mass is 35.5. The fraction of sp³-hybridized carbons (Fsp3) is 0.353. The predicted molar refractivity (Wildman–Crippen MR) is 90.0 cm³/mol. The number of esters is 1. The van der Waals surface area contributed by atoms with Crippen LogP contribution >= 0.6 is 11.6 Å². The molecule has 0 aliphatic heterocycles. The second kappa shape index (κ2) is 7.82. The van der Waals surface area contributed by atoms with Crippen molar-refractivity contribution in [3.05, 3.63) is 46.6 Å². The molecule has 1 heterocycles. The van der Waals surface area contributed by atoms with E-state index >= 15 is 0 Å². The minimum Gasteiger partial charge on any atom is -0.452 e. The Balaban J connectivity index is 1.59. The number of carbonyl (C=O) groups excluding carboxylic acids is 2. The zero-order chi connectivity index (χ0) is 18.7. The van der Waals surface area contributed by atoms with Crippen molar-refractivity contribution in [1.29, 1.82) is 0 Å². The van der Waals surface area contributed by atoms with Crippen LogP contribution in [0, 0.1) is 11.6 Å². The van der Waals surface area contributed by atoms with Crippen molar-refractivity contribution in [3.8, 4) is 0 Å². The van der Waals surface area contributed by atoms with Crippen LogP contribution in [-0.4, -0.2) is 28.3 Å². The van der Waals surface area contributed by atoms with Gasteiger partial charge >= 0.3 is 5.97 Å². The van der Waals surface area contributed by atoms with Gasteiger partial charge in [-0.3, -0.25) is 4.79 Å². The number of halogens is 3. The Kier molecular flexibility index (Phi) is 5.51. The van der Waals surface area contributed by atoms with Gasteiger partial charge in [-0.05, 0) is 25.0 Å². The van der Waals surface area contributed by atoms with E-state index in [0.29, 0.717) is 18.0 Å². The van der Waals surface area contributed by atoms with Crippen molar-refractivity contribution in [2.75, 3.05) is 11.9 Å². The molecular weight excluding hydrogens is 368 g/mol. The number of hydrogen-bond donors (Lipinski definition) is 1. The average molecular weight is 384 g/mol. The van der Waals surface area contributed by atoms with Crippen LogP contribution < -0.4 is 5.32 Å². The molecule has 6 nitrogen and oxygen atoms in total. The Hall–Kier alpha value is -2.48. The van der Waals surface area contributed by atoms with Gasteiger partial charge in [0.15, 0.2) is 18.2 Å². The number of benzene rings is 1. The second-order valence-corrected chi connectivity index (χ2v) is 6.38. The molecule has 0 bridgehead atoms. The van der Waals surface area contributed by atoms with Crippen LogP contribution in [-0.2, 0) is 9.53 Å². The molecule has 2 aromatic rings. The number of rotatable bonds is 5. The number of amides is 1. The Morgan fingerprint density at radius 2 is 1.96 bits per heavy atom. The highest BCUT2D eigenvalue weighted by Crippen LogP contribution is 2.31.